The highest BCUT2D eigenvalue weighted by Gasteiger charge is 2.24. The van der Waals surface area contributed by atoms with E-state index in [0.29, 0.717) is 6.61 Å². The summed E-state index contributed by atoms with van der Waals surface area (Å²) in [6, 6.07) is 0. The van der Waals surface area contributed by atoms with Gasteiger partial charge in [-0.05, 0) is 20.3 Å². The highest BCUT2D eigenvalue weighted by Crippen LogP contribution is 2.19. The van der Waals surface area contributed by atoms with Crippen molar-refractivity contribution in [1.82, 2.24) is 25.1 Å². The number of aryl methyl sites for hydroxylation is 3. The Bertz CT molecular complexity index is 587. The molecule has 1 atom stereocenters. The van der Waals surface area contributed by atoms with Crippen LogP contribution < -0.4 is 0 Å². The lowest BCUT2D eigenvalue weighted by Crippen LogP contribution is -2.23. The molecule has 0 N–H and O–H groups in total. The van der Waals surface area contributed by atoms with Crippen LogP contribution in [0.3, 0.4) is 0 Å². The van der Waals surface area contributed by atoms with Crippen LogP contribution in [0, 0.1) is 13.8 Å². The van der Waals surface area contributed by atoms with E-state index in [1.54, 1.807) is 4.80 Å². The molecule has 114 valence electrons. The second-order valence-corrected chi connectivity index (χ2v) is 5.58. The van der Waals surface area contributed by atoms with Gasteiger partial charge < -0.3 is 9.26 Å². The molecule has 0 radical (unpaired) electrons. The lowest BCUT2D eigenvalue weighted by atomic mass is 10.2. The quantitative estimate of drug-likeness (QED) is 0.825. The van der Waals surface area contributed by atoms with Gasteiger partial charge in [0.2, 0.25) is 0 Å². The van der Waals surface area contributed by atoms with Crippen molar-refractivity contribution in [3.63, 3.8) is 0 Å². The first-order valence-electron chi connectivity index (χ1n) is 7.22. The number of aromatic nitrogens is 4. The zero-order valence-electron chi connectivity index (χ0n) is 12.7. The van der Waals surface area contributed by atoms with Crippen molar-refractivity contribution in [2.75, 3.05) is 13.1 Å². The predicted molar refractivity (Wildman–Crippen MR) is 75.5 cm³/mol. The van der Waals surface area contributed by atoms with E-state index in [1.807, 2.05) is 27.1 Å². The molecule has 0 aliphatic carbocycles. The molecule has 0 bridgehead atoms. The molecule has 3 heterocycles. The summed E-state index contributed by atoms with van der Waals surface area (Å²) in [7, 11) is 1.84. The largest absolute Gasteiger partial charge is 0.372 e. The molecule has 7 nitrogen and oxygen atoms in total. The number of hydrogen-bond donors (Lipinski definition) is 0. The van der Waals surface area contributed by atoms with Crippen LogP contribution in [0.15, 0.2) is 10.7 Å². The molecule has 1 aliphatic heterocycles. The zero-order chi connectivity index (χ0) is 14.8. The Labute approximate surface area is 123 Å². The SMILES string of the molecule is Cc1noc(C)c1COC1CCN(Cc2cnn(C)n2)C1. The summed E-state index contributed by atoms with van der Waals surface area (Å²) in [5.74, 6) is 0.849. The van der Waals surface area contributed by atoms with E-state index in [9.17, 15) is 0 Å². The first-order valence-corrected chi connectivity index (χ1v) is 7.22. The van der Waals surface area contributed by atoms with Gasteiger partial charge in [-0.15, -0.1) is 0 Å². The van der Waals surface area contributed by atoms with Gasteiger partial charge in [0.15, 0.2) is 0 Å². The summed E-state index contributed by atoms with van der Waals surface area (Å²) in [6.45, 7) is 7.24. The molecule has 0 saturated carbocycles. The maximum Gasteiger partial charge on any atom is 0.139 e. The molecule has 2 aromatic heterocycles. The van der Waals surface area contributed by atoms with E-state index in [4.69, 9.17) is 9.26 Å². The van der Waals surface area contributed by atoms with Crippen molar-refractivity contribution >= 4 is 0 Å². The van der Waals surface area contributed by atoms with Gasteiger partial charge in [0, 0.05) is 32.2 Å². The molecule has 7 heteroatoms. The van der Waals surface area contributed by atoms with Crippen molar-refractivity contribution in [2.45, 2.75) is 39.5 Å². The van der Waals surface area contributed by atoms with E-state index in [2.05, 4.69) is 20.3 Å². The maximum absolute atomic E-state index is 6.00. The molecule has 0 aromatic carbocycles. The predicted octanol–water partition coefficient (Wildman–Crippen LogP) is 1.21. The third kappa shape index (κ3) is 3.30. The van der Waals surface area contributed by atoms with Crippen LogP contribution in [0.25, 0.3) is 0 Å². The second-order valence-electron chi connectivity index (χ2n) is 5.58. The van der Waals surface area contributed by atoms with Crippen LogP contribution in [-0.4, -0.2) is 44.2 Å². The van der Waals surface area contributed by atoms with Crippen molar-refractivity contribution in [3.8, 4) is 0 Å². The van der Waals surface area contributed by atoms with Gasteiger partial charge in [-0.3, -0.25) is 4.90 Å². The van der Waals surface area contributed by atoms with Crippen LogP contribution in [0.2, 0.25) is 0 Å². The third-order valence-electron chi connectivity index (χ3n) is 3.91. The average Bonchev–Trinajstić information content (AvgIpc) is 3.13. The van der Waals surface area contributed by atoms with Gasteiger partial charge in [-0.2, -0.15) is 15.0 Å². The van der Waals surface area contributed by atoms with Gasteiger partial charge in [0.05, 0.1) is 30.3 Å². The normalized spacial score (nSPS) is 19.5. The van der Waals surface area contributed by atoms with Gasteiger partial charge >= 0.3 is 0 Å². The Hall–Kier alpha value is -1.73. The minimum atomic E-state index is 0.260. The maximum atomic E-state index is 6.00. The van der Waals surface area contributed by atoms with Crippen molar-refractivity contribution in [1.29, 1.82) is 0 Å². The van der Waals surface area contributed by atoms with Crippen LogP contribution in [0.5, 0.6) is 0 Å². The number of ether oxygens (including phenoxy) is 1. The molecule has 0 spiro atoms. The summed E-state index contributed by atoms with van der Waals surface area (Å²) in [6.07, 6.45) is 3.12. The molecule has 1 fully saturated rings. The zero-order valence-corrected chi connectivity index (χ0v) is 12.7. The molecule has 1 saturated heterocycles. The van der Waals surface area contributed by atoms with E-state index >= 15 is 0 Å². The average molecular weight is 291 g/mol. The van der Waals surface area contributed by atoms with E-state index in [0.717, 1.165) is 48.8 Å². The van der Waals surface area contributed by atoms with E-state index in [-0.39, 0.29) is 6.10 Å². The fourth-order valence-corrected chi connectivity index (χ4v) is 2.68. The Kier molecular flexibility index (Phi) is 4.03. The Morgan fingerprint density at radius 3 is 2.95 bits per heavy atom. The second kappa shape index (κ2) is 5.95. The standard InChI is InChI=1S/C14H21N5O2/c1-10-14(11(2)21-17-10)9-20-13-4-5-19(8-13)7-12-6-15-18(3)16-12/h6,13H,4-5,7-9H2,1-3H3. The number of rotatable bonds is 5. The molecular formula is C14H21N5O2. The van der Waals surface area contributed by atoms with Crippen LogP contribution in [-0.2, 0) is 24.9 Å². The summed E-state index contributed by atoms with van der Waals surface area (Å²) in [5, 5.41) is 12.4. The Morgan fingerprint density at radius 1 is 1.43 bits per heavy atom. The molecule has 1 aliphatic rings. The molecule has 0 amide bonds. The van der Waals surface area contributed by atoms with Gasteiger partial charge in [-0.1, -0.05) is 5.16 Å². The molecule has 1 unspecified atom stereocenters. The number of hydrogen-bond acceptors (Lipinski definition) is 6. The topological polar surface area (TPSA) is 69.2 Å². The van der Waals surface area contributed by atoms with Gasteiger partial charge in [0.25, 0.3) is 0 Å². The van der Waals surface area contributed by atoms with Crippen LogP contribution in [0.1, 0.15) is 29.1 Å². The van der Waals surface area contributed by atoms with Crippen molar-refractivity contribution in [2.24, 2.45) is 7.05 Å². The van der Waals surface area contributed by atoms with E-state index in [1.165, 1.54) is 0 Å². The van der Waals surface area contributed by atoms with E-state index < -0.39 is 0 Å². The smallest absolute Gasteiger partial charge is 0.139 e. The molecule has 3 rings (SSSR count). The summed E-state index contributed by atoms with van der Waals surface area (Å²) in [5.41, 5.74) is 2.99. The fraction of sp³-hybridized carbons (Fsp3) is 0.643. The summed E-state index contributed by atoms with van der Waals surface area (Å²) < 4.78 is 11.2. The van der Waals surface area contributed by atoms with Crippen LogP contribution in [0.4, 0.5) is 0 Å². The first-order chi connectivity index (χ1) is 10.1. The molecule has 21 heavy (non-hydrogen) atoms. The fourth-order valence-electron chi connectivity index (χ4n) is 2.68. The van der Waals surface area contributed by atoms with Crippen molar-refractivity contribution < 1.29 is 9.26 Å². The Balaban J connectivity index is 1.48. The minimum absolute atomic E-state index is 0.260. The lowest BCUT2D eigenvalue weighted by molar-refractivity contribution is 0.0452. The van der Waals surface area contributed by atoms with Crippen LogP contribution >= 0.6 is 0 Å². The monoisotopic (exact) mass is 291 g/mol. The minimum Gasteiger partial charge on any atom is -0.372 e. The number of nitrogens with zero attached hydrogens (tertiary/aromatic N) is 5. The molecule has 2 aromatic rings. The first kappa shape index (κ1) is 14.2. The lowest BCUT2D eigenvalue weighted by Gasteiger charge is -2.14. The Morgan fingerprint density at radius 2 is 2.29 bits per heavy atom. The van der Waals surface area contributed by atoms with Gasteiger partial charge in [-0.25, -0.2) is 0 Å². The summed E-state index contributed by atoms with van der Waals surface area (Å²) >= 11 is 0. The highest BCUT2D eigenvalue weighted by atomic mass is 16.5. The summed E-state index contributed by atoms with van der Waals surface area (Å²) in [4.78, 5) is 3.94. The molecular weight excluding hydrogens is 270 g/mol. The third-order valence-corrected chi connectivity index (χ3v) is 3.91. The van der Waals surface area contributed by atoms with Crippen molar-refractivity contribution in [3.05, 3.63) is 28.9 Å². The van der Waals surface area contributed by atoms with Gasteiger partial charge in [0.1, 0.15) is 5.76 Å². The number of likely N-dealkylation sites (tertiary alicyclic amines) is 1. The highest BCUT2D eigenvalue weighted by molar-refractivity contribution is 5.19.